The van der Waals surface area contributed by atoms with Crippen LogP contribution in [0.2, 0.25) is 0 Å². The van der Waals surface area contributed by atoms with Crippen LogP contribution in [0.15, 0.2) is 6.07 Å². The van der Waals surface area contributed by atoms with Crippen LogP contribution in [0.5, 0.6) is 0 Å². The summed E-state index contributed by atoms with van der Waals surface area (Å²) in [5.74, 6) is 1.53. The van der Waals surface area contributed by atoms with Gasteiger partial charge in [0.2, 0.25) is 5.95 Å². The highest BCUT2D eigenvalue weighted by Crippen LogP contribution is 2.29. The maximum absolute atomic E-state index is 5.77. The molecule has 2 heterocycles. The predicted molar refractivity (Wildman–Crippen MR) is 80.7 cm³/mol. The summed E-state index contributed by atoms with van der Waals surface area (Å²) in [7, 11) is 1.70. The van der Waals surface area contributed by atoms with Crippen LogP contribution < -0.4 is 11.1 Å². The summed E-state index contributed by atoms with van der Waals surface area (Å²) in [5, 5.41) is 4.45. The predicted octanol–water partition coefficient (Wildman–Crippen LogP) is 2.66. The van der Waals surface area contributed by atoms with Crippen LogP contribution in [-0.2, 0) is 4.74 Å². The highest BCUT2D eigenvalue weighted by atomic mass is 32.1. The van der Waals surface area contributed by atoms with Gasteiger partial charge in [0.05, 0.1) is 18.0 Å². The van der Waals surface area contributed by atoms with E-state index < -0.39 is 0 Å². The number of nitrogens with one attached hydrogen (secondary N) is 1. The van der Waals surface area contributed by atoms with E-state index >= 15 is 0 Å². The van der Waals surface area contributed by atoms with Gasteiger partial charge in [0.15, 0.2) is 0 Å². The molecule has 2 rings (SSSR count). The number of ether oxygens (including phenoxy) is 1. The monoisotopic (exact) mass is 280 g/mol. The fraction of sp³-hybridized carbons (Fsp3) is 0.538. The van der Waals surface area contributed by atoms with E-state index in [0.717, 1.165) is 16.0 Å². The Labute approximate surface area is 117 Å². The maximum atomic E-state index is 5.77. The molecule has 6 heteroatoms. The number of nitrogens with two attached hydrogens (primary N) is 1. The summed E-state index contributed by atoms with van der Waals surface area (Å²) >= 11 is 1.63. The van der Waals surface area contributed by atoms with Gasteiger partial charge in [-0.3, -0.25) is 0 Å². The average molecular weight is 280 g/mol. The first-order valence-corrected chi connectivity index (χ1v) is 7.12. The van der Waals surface area contributed by atoms with Crippen molar-refractivity contribution in [3.05, 3.63) is 10.9 Å². The van der Waals surface area contributed by atoms with E-state index in [1.165, 1.54) is 4.88 Å². The smallest absolute Gasteiger partial charge is 0.223 e. The minimum atomic E-state index is 0.197. The summed E-state index contributed by atoms with van der Waals surface area (Å²) < 4.78 is 5.25. The molecule has 0 spiro atoms. The highest BCUT2D eigenvalue weighted by Gasteiger charge is 2.16. The molecule has 0 saturated carbocycles. The molecule has 0 bridgehead atoms. The van der Waals surface area contributed by atoms with Crippen LogP contribution in [0, 0.1) is 12.8 Å². The SMILES string of the molecule is COCC(Nc1nc(N)nc2sc(C)cc12)C(C)C. The minimum absolute atomic E-state index is 0.197. The standard InChI is InChI=1S/C13H20N4OS/c1-7(2)10(6-18-4)15-11-9-5-8(3)19-12(9)17-13(14)16-11/h5,7,10H,6H2,1-4H3,(H3,14,15,16,17). The molecule has 19 heavy (non-hydrogen) atoms. The number of hydrogen-bond acceptors (Lipinski definition) is 6. The van der Waals surface area contributed by atoms with Crippen LogP contribution >= 0.6 is 11.3 Å². The number of methoxy groups -OCH3 is 1. The summed E-state index contributed by atoms with van der Waals surface area (Å²) in [6.45, 7) is 6.99. The van der Waals surface area contributed by atoms with Crippen molar-refractivity contribution in [3.63, 3.8) is 0 Å². The third-order valence-corrected chi connectivity index (χ3v) is 3.95. The number of aromatic nitrogens is 2. The van der Waals surface area contributed by atoms with Crippen LogP contribution in [0.1, 0.15) is 18.7 Å². The van der Waals surface area contributed by atoms with E-state index in [1.54, 1.807) is 18.4 Å². The van der Waals surface area contributed by atoms with E-state index in [-0.39, 0.29) is 6.04 Å². The first kappa shape index (κ1) is 14.0. The van der Waals surface area contributed by atoms with Crippen LogP contribution in [0.4, 0.5) is 11.8 Å². The normalized spacial score (nSPS) is 13.1. The van der Waals surface area contributed by atoms with Crippen molar-refractivity contribution < 1.29 is 4.74 Å². The van der Waals surface area contributed by atoms with Crippen molar-refractivity contribution in [1.29, 1.82) is 0 Å². The van der Waals surface area contributed by atoms with E-state index in [4.69, 9.17) is 10.5 Å². The van der Waals surface area contributed by atoms with Crippen molar-refractivity contribution in [2.75, 3.05) is 24.8 Å². The Hall–Kier alpha value is -1.40. The molecule has 104 valence electrons. The Morgan fingerprint density at radius 2 is 2.16 bits per heavy atom. The fourth-order valence-electron chi connectivity index (χ4n) is 1.92. The van der Waals surface area contributed by atoms with Gasteiger partial charge < -0.3 is 15.8 Å². The Morgan fingerprint density at radius 1 is 1.42 bits per heavy atom. The molecule has 0 saturated heterocycles. The van der Waals surface area contributed by atoms with Gasteiger partial charge in [-0.1, -0.05) is 13.8 Å². The largest absolute Gasteiger partial charge is 0.383 e. The summed E-state index contributed by atoms with van der Waals surface area (Å²) in [6, 6.07) is 2.29. The summed E-state index contributed by atoms with van der Waals surface area (Å²) in [5.41, 5.74) is 5.77. The second-order valence-electron chi connectivity index (χ2n) is 4.96. The van der Waals surface area contributed by atoms with Crippen LogP contribution in [-0.4, -0.2) is 29.7 Å². The van der Waals surface area contributed by atoms with Crippen molar-refractivity contribution in [3.8, 4) is 0 Å². The lowest BCUT2D eigenvalue weighted by molar-refractivity contribution is 0.171. The Bertz CT molecular complexity index is 567. The second kappa shape index (κ2) is 5.71. The van der Waals surface area contributed by atoms with Gasteiger partial charge in [0.1, 0.15) is 10.6 Å². The minimum Gasteiger partial charge on any atom is -0.383 e. The van der Waals surface area contributed by atoms with Gasteiger partial charge in [0.25, 0.3) is 0 Å². The number of aryl methyl sites for hydroxylation is 1. The Balaban J connectivity index is 2.37. The van der Waals surface area contributed by atoms with E-state index in [9.17, 15) is 0 Å². The molecular weight excluding hydrogens is 260 g/mol. The molecule has 0 radical (unpaired) electrons. The number of anilines is 2. The van der Waals surface area contributed by atoms with Gasteiger partial charge in [-0.25, -0.2) is 4.98 Å². The lowest BCUT2D eigenvalue weighted by atomic mass is 10.1. The molecule has 0 amide bonds. The molecule has 0 aliphatic rings. The van der Waals surface area contributed by atoms with Crippen LogP contribution in [0.25, 0.3) is 10.2 Å². The summed E-state index contributed by atoms with van der Waals surface area (Å²) in [4.78, 5) is 10.7. The first-order valence-electron chi connectivity index (χ1n) is 6.30. The summed E-state index contributed by atoms with van der Waals surface area (Å²) in [6.07, 6.45) is 0. The number of hydrogen-bond donors (Lipinski definition) is 2. The molecule has 0 aliphatic carbocycles. The highest BCUT2D eigenvalue weighted by molar-refractivity contribution is 7.18. The maximum Gasteiger partial charge on any atom is 0.223 e. The van der Waals surface area contributed by atoms with E-state index in [0.29, 0.717) is 18.5 Å². The lowest BCUT2D eigenvalue weighted by Gasteiger charge is -2.22. The Kier molecular flexibility index (Phi) is 4.21. The van der Waals surface area contributed by atoms with E-state index in [1.807, 2.05) is 0 Å². The van der Waals surface area contributed by atoms with Gasteiger partial charge >= 0.3 is 0 Å². The number of thiophene rings is 1. The van der Waals surface area contributed by atoms with Gasteiger partial charge in [-0.15, -0.1) is 11.3 Å². The first-order chi connectivity index (χ1) is 9.01. The average Bonchev–Trinajstić information content (AvgIpc) is 2.68. The van der Waals surface area contributed by atoms with Crippen molar-refractivity contribution in [2.45, 2.75) is 26.8 Å². The number of fused-ring (bicyclic) bond motifs is 1. The zero-order chi connectivity index (χ0) is 14.0. The topological polar surface area (TPSA) is 73.1 Å². The lowest BCUT2D eigenvalue weighted by Crippen LogP contribution is -2.31. The molecule has 0 fully saturated rings. The van der Waals surface area contributed by atoms with Crippen molar-refractivity contribution in [1.82, 2.24) is 9.97 Å². The van der Waals surface area contributed by atoms with Gasteiger partial charge in [0, 0.05) is 12.0 Å². The number of rotatable bonds is 5. The number of nitrogens with zero attached hydrogens (tertiary/aromatic N) is 2. The van der Waals surface area contributed by atoms with Crippen molar-refractivity contribution >= 4 is 33.3 Å². The zero-order valence-corrected chi connectivity index (χ0v) is 12.5. The van der Waals surface area contributed by atoms with Crippen LogP contribution in [0.3, 0.4) is 0 Å². The zero-order valence-electron chi connectivity index (χ0n) is 11.7. The van der Waals surface area contributed by atoms with Gasteiger partial charge in [-0.2, -0.15) is 4.98 Å². The Morgan fingerprint density at radius 3 is 2.79 bits per heavy atom. The molecular formula is C13H20N4OS. The molecule has 2 aromatic rings. The quantitative estimate of drug-likeness (QED) is 0.881. The molecule has 0 aromatic carbocycles. The van der Waals surface area contributed by atoms with Crippen molar-refractivity contribution in [2.24, 2.45) is 5.92 Å². The third-order valence-electron chi connectivity index (χ3n) is 3.01. The molecule has 1 atom stereocenters. The molecule has 2 aromatic heterocycles. The van der Waals surface area contributed by atoms with Gasteiger partial charge in [-0.05, 0) is 18.9 Å². The fourth-order valence-corrected chi connectivity index (χ4v) is 2.81. The van der Waals surface area contributed by atoms with E-state index in [2.05, 4.69) is 42.1 Å². The molecule has 3 N–H and O–H groups in total. The third kappa shape index (κ3) is 3.13. The molecule has 1 unspecified atom stereocenters. The number of nitrogen functional groups attached to an aromatic ring is 1. The second-order valence-corrected chi connectivity index (χ2v) is 6.19. The molecule has 5 nitrogen and oxygen atoms in total. The molecule has 0 aliphatic heterocycles.